The number of hydrogen-bond acceptors (Lipinski definition) is 6. The van der Waals surface area contributed by atoms with Gasteiger partial charge in [-0.15, -0.1) is 0 Å². The van der Waals surface area contributed by atoms with Gasteiger partial charge in [0, 0.05) is 10.5 Å². The number of nitrogen functional groups attached to an aromatic ring is 1. The van der Waals surface area contributed by atoms with E-state index in [9.17, 15) is 10.1 Å². The first kappa shape index (κ1) is 13.8. The lowest BCUT2D eigenvalue weighted by molar-refractivity contribution is -0.380. The average Bonchev–Trinajstić information content (AvgIpc) is 3.05. The molecule has 0 bridgehead atoms. The molecule has 0 spiro atoms. The lowest BCUT2D eigenvalue weighted by Crippen LogP contribution is -1.88. The standard InChI is InChI=1S/C13H8BrN3O3S/c14-8-3-1-2-7(6-8)11-12(20-16-13(11)15)9-4-5-10(21-9)17(18)19/h1-6H,(H2,15,16). The lowest BCUT2D eigenvalue weighted by Gasteiger charge is -2.01. The van der Waals surface area contributed by atoms with Gasteiger partial charge in [-0.2, -0.15) is 0 Å². The number of nitrogens with two attached hydrogens (primary N) is 1. The quantitative estimate of drug-likeness (QED) is 0.550. The van der Waals surface area contributed by atoms with Crippen molar-refractivity contribution in [1.29, 1.82) is 0 Å². The molecule has 0 amide bonds. The maximum Gasteiger partial charge on any atom is 0.324 e. The zero-order chi connectivity index (χ0) is 15.0. The van der Waals surface area contributed by atoms with Gasteiger partial charge in [-0.3, -0.25) is 10.1 Å². The van der Waals surface area contributed by atoms with Gasteiger partial charge in [-0.25, -0.2) is 0 Å². The molecule has 0 aliphatic heterocycles. The van der Waals surface area contributed by atoms with Crippen LogP contribution in [0.2, 0.25) is 0 Å². The molecule has 0 radical (unpaired) electrons. The van der Waals surface area contributed by atoms with Crippen LogP contribution in [0.4, 0.5) is 10.8 Å². The van der Waals surface area contributed by atoms with Crippen molar-refractivity contribution in [2.24, 2.45) is 0 Å². The third kappa shape index (κ3) is 2.55. The van der Waals surface area contributed by atoms with Crippen molar-refractivity contribution < 1.29 is 9.45 Å². The maximum absolute atomic E-state index is 10.8. The molecule has 0 saturated carbocycles. The highest BCUT2D eigenvalue weighted by Crippen LogP contribution is 2.41. The van der Waals surface area contributed by atoms with Crippen molar-refractivity contribution in [2.45, 2.75) is 0 Å². The van der Waals surface area contributed by atoms with Crippen LogP contribution in [0.15, 0.2) is 45.4 Å². The number of hydrogen-bond donors (Lipinski definition) is 1. The van der Waals surface area contributed by atoms with Crippen molar-refractivity contribution >= 4 is 38.1 Å². The number of halogens is 1. The Morgan fingerprint density at radius 2 is 2.14 bits per heavy atom. The van der Waals surface area contributed by atoms with Crippen LogP contribution in [-0.2, 0) is 0 Å². The minimum Gasteiger partial charge on any atom is -0.380 e. The van der Waals surface area contributed by atoms with E-state index in [2.05, 4.69) is 21.1 Å². The van der Waals surface area contributed by atoms with Gasteiger partial charge < -0.3 is 10.3 Å². The summed E-state index contributed by atoms with van der Waals surface area (Å²) in [6, 6.07) is 10.6. The molecule has 0 atom stereocenters. The van der Waals surface area contributed by atoms with E-state index < -0.39 is 4.92 Å². The monoisotopic (exact) mass is 365 g/mol. The van der Waals surface area contributed by atoms with E-state index >= 15 is 0 Å². The third-order valence-electron chi connectivity index (χ3n) is 2.83. The summed E-state index contributed by atoms with van der Waals surface area (Å²) in [5.41, 5.74) is 7.34. The highest BCUT2D eigenvalue weighted by Gasteiger charge is 2.21. The van der Waals surface area contributed by atoms with E-state index in [-0.39, 0.29) is 10.8 Å². The summed E-state index contributed by atoms with van der Waals surface area (Å²) < 4.78 is 6.16. The summed E-state index contributed by atoms with van der Waals surface area (Å²) in [5, 5.41) is 14.6. The fourth-order valence-electron chi connectivity index (χ4n) is 1.94. The Morgan fingerprint density at radius 1 is 1.33 bits per heavy atom. The molecule has 0 unspecified atom stereocenters. The number of benzene rings is 1. The molecule has 0 saturated heterocycles. The Kier molecular flexibility index (Phi) is 3.48. The summed E-state index contributed by atoms with van der Waals surface area (Å²) >= 11 is 4.42. The molecule has 0 aliphatic carbocycles. The molecule has 21 heavy (non-hydrogen) atoms. The van der Waals surface area contributed by atoms with Crippen molar-refractivity contribution in [3.05, 3.63) is 51.0 Å². The fraction of sp³-hybridized carbons (Fsp3) is 0. The predicted molar refractivity (Wildman–Crippen MR) is 84.0 cm³/mol. The number of aromatic nitrogens is 1. The van der Waals surface area contributed by atoms with E-state index in [0.29, 0.717) is 16.2 Å². The van der Waals surface area contributed by atoms with Crippen molar-refractivity contribution in [2.75, 3.05) is 5.73 Å². The second-order valence-electron chi connectivity index (χ2n) is 4.18. The van der Waals surface area contributed by atoms with Crippen LogP contribution in [0.5, 0.6) is 0 Å². The molecule has 0 fully saturated rings. The molecule has 2 aromatic heterocycles. The van der Waals surface area contributed by atoms with Gasteiger partial charge >= 0.3 is 5.00 Å². The molecule has 106 valence electrons. The zero-order valence-electron chi connectivity index (χ0n) is 10.4. The summed E-state index contributed by atoms with van der Waals surface area (Å²) in [7, 11) is 0. The Hall–Kier alpha value is -2.19. The topological polar surface area (TPSA) is 95.2 Å². The Labute approximate surface area is 131 Å². The van der Waals surface area contributed by atoms with Gasteiger partial charge in [-0.1, -0.05) is 44.6 Å². The van der Waals surface area contributed by atoms with E-state index in [1.165, 1.54) is 6.07 Å². The largest absolute Gasteiger partial charge is 0.380 e. The van der Waals surface area contributed by atoms with Crippen LogP contribution in [-0.4, -0.2) is 10.1 Å². The number of thiophene rings is 1. The minimum absolute atomic E-state index is 0.0418. The van der Waals surface area contributed by atoms with Gasteiger partial charge in [0.05, 0.1) is 15.4 Å². The minimum atomic E-state index is -0.438. The molecule has 3 rings (SSSR count). The van der Waals surface area contributed by atoms with Crippen LogP contribution < -0.4 is 5.73 Å². The van der Waals surface area contributed by atoms with E-state index in [4.69, 9.17) is 10.3 Å². The highest BCUT2D eigenvalue weighted by molar-refractivity contribution is 9.10. The normalized spacial score (nSPS) is 10.7. The maximum atomic E-state index is 10.8. The molecular weight excluding hydrogens is 358 g/mol. The summed E-state index contributed by atoms with van der Waals surface area (Å²) in [6.07, 6.45) is 0. The first-order chi connectivity index (χ1) is 10.1. The van der Waals surface area contributed by atoms with Crippen molar-refractivity contribution in [3.8, 4) is 21.8 Å². The van der Waals surface area contributed by atoms with Gasteiger partial charge in [0.25, 0.3) is 0 Å². The Balaban J connectivity index is 2.14. The SMILES string of the molecule is Nc1noc(-c2ccc([N+](=O)[O-])s2)c1-c1cccc(Br)c1. The predicted octanol–water partition coefficient (Wildman–Crippen LogP) is 4.32. The lowest BCUT2D eigenvalue weighted by atomic mass is 10.1. The molecule has 2 heterocycles. The van der Waals surface area contributed by atoms with Crippen LogP contribution >= 0.6 is 27.3 Å². The zero-order valence-corrected chi connectivity index (χ0v) is 12.8. The highest BCUT2D eigenvalue weighted by atomic mass is 79.9. The van der Waals surface area contributed by atoms with Crippen LogP contribution in [0.3, 0.4) is 0 Å². The average molecular weight is 366 g/mol. The smallest absolute Gasteiger partial charge is 0.324 e. The second-order valence-corrected chi connectivity index (χ2v) is 6.16. The van der Waals surface area contributed by atoms with Crippen LogP contribution in [0, 0.1) is 10.1 Å². The second kappa shape index (κ2) is 5.30. The first-order valence-electron chi connectivity index (χ1n) is 5.82. The molecule has 2 N–H and O–H groups in total. The summed E-state index contributed by atoms with van der Waals surface area (Å²) in [5.74, 6) is 0.683. The van der Waals surface area contributed by atoms with Crippen molar-refractivity contribution in [1.82, 2.24) is 5.16 Å². The Morgan fingerprint density at radius 3 is 2.81 bits per heavy atom. The fourth-order valence-corrected chi connectivity index (χ4v) is 3.14. The number of nitrogens with zero attached hydrogens (tertiary/aromatic N) is 2. The summed E-state index contributed by atoms with van der Waals surface area (Å²) in [6.45, 7) is 0. The van der Waals surface area contributed by atoms with E-state index in [1.807, 2.05) is 24.3 Å². The van der Waals surface area contributed by atoms with Gasteiger partial charge in [0.15, 0.2) is 11.6 Å². The number of anilines is 1. The molecular formula is C13H8BrN3O3S. The molecule has 8 heteroatoms. The molecule has 3 aromatic rings. The van der Waals surface area contributed by atoms with Gasteiger partial charge in [0.2, 0.25) is 0 Å². The number of nitro groups is 1. The first-order valence-corrected chi connectivity index (χ1v) is 7.43. The van der Waals surface area contributed by atoms with E-state index in [1.54, 1.807) is 6.07 Å². The molecule has 0 aliphatic rings. The molecule has 6 nitrogen and oxygen atoms in total. The molecule has 1 aromatic carbocycles. The van der Waals surface area contributed by atoms with E-state index in [0.717, 1.165) is 21.4 Å². The van der Waals surface area contributed by atoms with Gasteiger partial charge in [-0.05, 0) is 23.8 Å². The summed E-state index contributed by atoms with van der Waals surface area (Å²) in [4.78, 5) is 11.0. The number of rotatable bonds is 3. The van der Waals surface area contributed by atoms with Gasteiger partial charge in [0.1, 0.15) is 0 Å². The Bertz CT molecular complexity index is 828. The van der Waals surface area contributed by atoms with Crippen molar-refractivity contribution in [3.63, 3.8) is 0 Å². The van der Waals surface area contributed by atoms with Crippen LogP contribution in [0.1, 0.15) is 0 Å². The van der Waals surface area contributed by atoms with Crippen LogP contribution in [0.25, 0.3) is 21.8 Å². The third-order valence-corrected chi connectivity index (χ3v) is 4.36.